The van der Waals surface area contributed by atoms with Crippen molar-refractivity contribution in [3.05, 3.63) is 89.9 Å². The molecule has 4 nitrogen and oxygen atoms in total. The molecule has 0 amide bonds. The summed E-state index contributed by atoms with van der Waals surface area (Å²) < 4.78 is 18.1. The third kappa shape index (κ3) is 11.4. The SMILES string of the molecule is C=C(C)COC(/C=C\C(=C)CCC1CCCCN2C(=C)C=Cc3ccc(cc32)OCCCCOCC(C)C1)=C(C)C. The maximum atomic E-state index is 6.08. The number of rotatable bonds is 8. The van der Waals surface area contributed by atoms with Crippen molar-refractivity contribution in [2.75, 3.05) is 37.9 Å². The van der Waals surface area contributed by atoms with Crippen LogP contribution in [-0.4, -0.2) is 33.0 Å². The van der Waals surface area contributed by atoms with E-state index < -0.39 is 0 Å². The number of ether oxygens (including phenoxy) is 3. The zero-order chi connectivity index (χ0) is 29.6. The van der Waals surface area contributed by atoms with Gasteiger partial charge in [-0.15, -0.1) is 0 Å². The summed E-state index contributed by atoms with van der Waals surface area (Å²) >= 11 is 0. The summed E-state index contributed by atoms with van der Waals surface area (Å²) in [6.45, 7) is 25.0. The maximum Gasteiger partial charge on any atom is 0.121 e. The second-order valence-electron chi connectivity index (χ2n) is 12.2. The van der Waals surface area contributed by atoms with Crippen molar-refractivity contribution in [1.82, 2.24) is 0 Å². The quantitative estimate of drug-likeness (QED) is 0.180. The monoisotopic (exact) mass is 559 g/mol. The lowest BCUT2D eigenvalue weighted by atomic mass is 9.87. The predicted octanol–water partition coefficient (Wildman–Crippen LogP) is 9.81. The number of fused-ring (bicyclic) bond motifs is 1. The molecular weight excluding hydrogens is 506 g/mol. The topological polar surface area (TPSA) is 30.9 Å². The second kappa shape index (κ2) is 17.1. The fraction of sp³-hybridized carbons (Fsp3) is 0.514. The number of benzene rings is 1. The molecule has 4 heteroatoms. The molecular formula is C37H53NO3. The zero-order valence-electron chi connectivity index (χ0n) is 26.2. The summed E-state index contributed by atoms with van der Waals surface area (Å²) in [6.07, 6.45) is 17.3. The Morgan fingerprint density at radius 2 is 1.85 bits per heavy atom. The van der Waals surface area contributed by atoms with Crippen LogP contribution in [0.15, 0.2) is 84.3 Å². The molecule has 2 heterocycles. The van der Waals surface area contributed by atoms with E-state index in [1.165, 1.54) is 30.5 Å². The number of hydrogen-bond donors (Lipinski definition) is 0. The first-order valence-electron chi connectivity index (χ1n) is 15.5. The Bertz CT molecular complexity index is 1120. The van der Waals surface area contributed by atoms with Crippen LogP contribution >= 0.6 is 0 Å². The van der Waals surface area contributed by atoms with E-state index in [-0.39, 0.29) is 0 Å². The van der Waals surface area contributed by atoms with Crippen LogP contribution in [0.3, 0.4) is 0 Å². The molecule has 0 fully saturated rings. The first kappa shape index (κ1) is 32.5. The number of hydrogen-bond acceptors (Lipinski definition) is 4. The minimum Gasteiger partial charge on any atom is -0.494 e. The van der Waals surface area contributed by atoms with E-state index in [1.54, 1.807) is 0 Å². The molecule has 224 valence electrons. The third-order valence-corrected chi connectivity index (χ3v) is 7.74. The Morgan fingerprint density at radius 3 is 2.63 bits per heavy atom. The minimum atomic E-state index is 0.543. The van der Waals surface area contributed by atoms with Crippen molar-refractivity contribution in [1.29, 1.82) is 0 Å². The lowest BCUT2D eigenvalue weighted by Crippen LogP contribution is -2.25. The van der Waals surface area contributed by atoms with Gasteiger partial charge in [-0.3, -0.25) is 0 Å². The Labute approximate surface area is 250 Å². The summed E-state index contributed by atoms with van der Waals surface area (Å²) in [4.78, 5) is 2.36. The largest absolute Gasteiger partial charge is 0.494 e. The van der Waals surface area contributed by atoms with Crippen LogP contribution in [0, 0.1) is 11.8 Å². The van der Waals surface area contributed by atoms with E-state index in [4.69, 9.17) is 14.2 Å². The fourth-order valence-corrected chi connectivity index (χ4v) is 5.41. The Balaban J connectivity index is 1.62. The van der Waals surface area contributed by atoms with Gasteiger partial charge in [0.1, 0.15) is 18.1 Å². The smallest absolute Gasteiger partial charge is 0.121 e. The standard InChI is InChI=1S/C37H53NO3/c1-28(2)26-41-37(29(3)4)20-14-30(5)13-16-33-12-8-9-21-38-32(7)15-17-34-18-19-35(25-36(34)38)40-23-11-10-22-39-27-31(6)24-33/h14-15,17-20,25,31,33H,1,5,7-13,16,21-24,26-27H2,2-4,6H3/b20-14-. The van der Waals surface area contributed by atoms with E-state index in [0.717, 1.165) is 85.8 Å². The molecule has 0 N–H and O–H groups in total. The van der Waals surface area contributed by atoms with E-state index in [9.17, 15) is 0 Å². The molecule has 0 saturated carbocycles. The Hall–Kier alpha value is -2.98. The highest BCUT2D eigenvalue weighted by Gasteiger charge is 2.19. The molecule has 2 aliphatic rings. The highest BCUT2D eigenvalue weighted by atomic mass is 16.5. The first-order chi connectivity index (χ1) is 19.7. The van der Waals surface area contributed by atoms with Crippen molar-refractivity contribution < 1.29 is 14.2 Å². The second-order valence-corrected chi connectivity index (χ2v) is 12.2. The van der Waals surface area contributed by atoms with Gasteiger partial charge in [0.2, 0.25) is 0 Å². The van der Waals surface area contributed by atoms with Crippen molar-refractivity contribution in [2.24, 2.45) is 11.8 Å². The van der Waals surface area contributed by atoms with Crippen LogP contribution in [-0.2, 0) is 9.47 Å². The number of allylic oxidation sites excluding steroid dienone is 5. The average Bonchev–Trinajstić information content (AvgIpc) is 2.93. The predicted molar refractivity (Wildman–Crippen MR) is 175 cm³/mol. The van der Waals surface area contributed by atoms with Crippen molar-refractivity contribution in [2.45, 2.75) is 79.1 Å². The molecule has 1 aromatic carbocycles. The molecule has 0 aliphatic carbocycles. The van der Waals surface area contributed by atoms with E-state index >= 15 is 0 Å². The normalized spacial score (nSPS) is 20.6. The van der Waals surface area contributed by atoms with Gasteiger partial charge in [-0.2, -0.15) is 0 Å². The molecule has 3 rings (SSSR count). The summed E-state index contributed by atoms with van der Waals surface area (Å²) in [7, 11) is 0. The van der Waals surface area contributed by atoms with Gasteiger partial charge in [-0.25, -0.2) is 0 Å². The molecule has 2 bridgehead atoms. The van der Waals surface area contributed by atoms with Crippen LogP contribution in [0.25, 0.3) is 6.08 Å². The maximum absolute atomic E-state index is 6.08. The fourth-order valence-electron chi connectivity index (χ4n) is 5.41. The van der Waals surface area contributed by atoms with E-state index in [2.05, 4.69) is 87.9 Å². The van der Waals surface area contributed by atoms with Gasteiger partial charge < -0.3 is 19.1 Å². The van der Waals surface area contributed by atoms with Crippen molar-refractivity contribution in [3.63, 3.8) is 0 Å². The number of anilines is 1. The molecule has 0 aromatic heterocycles. The zero-order valence-corrected chi connectivity index (χ0v) is 26.2. The van der Waals surface area contributed by atoms with Gasteiger partial charge in [0.15, 0.2) is 0 Å². The molecule has 2 atom stereocenters. The highest BCUT2D eigenvalue weighted by molar-refractivity contribution is 5.77. The van der Waals surface area contributed by atoms with Crippen LogP contribution in [0.5, 0.6) is 5.75 Å². The van der Waals surface area contributed by atoms with Crippen LogP contribution < -0.4 is 9.64 Å². The lowest BCUT2D eigenvalue weighted by Gasteiger charge is -2.30. The van der Waals surface area contributed by atoms with Gasteiger partial charge in [0, 0.05) is 31.5 Å². The van der Waals surface area contributed by atoms with Gasteiger partial charge in [-0.1, -0.05) is 57.2 Å². The molecule has 41 heavy (non-hydrogen) atoms. The minimum absolute atomic E-state index is 0.543. The van der Waals surface area contributed by atoms with Crippen LogP contribution in [0.1, 0.15) is 84.6 Å². The molecule has 0 spiro atoms. The third-order valence-electron chi connectivity index (χ3n) is 7.74. The van der Waals surface area contributed by atoms with Crippen molar-refractivity contribution in [3.8, 4) is 5.75 Å². The van der Waals surface area contributed by atoms with E-state index in [1.807, 2.05) is 6.92 Å². The first-order valence-corrected chi connectivity index (χ1v) is 15.5. The van der Waals surface area contributed by atoms with E-state index in [0.29, 0.717) is 25.0 Å². The van der Waals surface area contributed by atoms with Gasteiger partial charge in [-0.05, 0) is 112 Å². The Morgan fingerprint density at radius 1 is 1.05 bits per heavy atom. The summed E-state index contributed by atoms with van der Waals surface area (Å²) in [5.74, 6) is 3.03. The highest BCUT2D eigenvalue weighted by Crippen LogP contribution is 2.34. The van der Waals surface area contributed by atoms with Crippen molar-refractivity contribution >= 4 is 11.8 Å². The lowest BCUT2D eigenvalue weighted by molar-refractivity contribution is 0.0893. The summed E-state index contributed by atoms with van der Waals surface area (Å²) in [5.41, 5.74) is 6.81. The van der Waals surface area contributed by atoms with Crippen LogP contribution in [0.4, 0.5) is 5.69 Å². The van der Waals surface area contributed by atoms with Gasteiger partial charge >= 0.3 is 0 Å². The van der Waals surface area contributed by atoms with Gasteiger partial charge in [0.05, 0.1) is 12.3 Å². The molecule has 0 radical (unpaired) electrons. The summed E-state index contributed by atoms with van der Waals surface area (Å²) in [6, 6.07) is 6.42. The van der Waals surface area contributed by atoms with Gasteiger partial charge in [0.25, 0.3) is 0 Å². The van der Waals surface area contributed by atoms with Crippen LogP contribution in [0.2, 0.25) is 0 Å². The molecule has 1 aromatic rings. The summed E-state index contributed by atoms with van der Waals surface area (Å²) in [5, 5.41) is 0. The molecule has 2 aliphatic heterocycles. The number of nitrogens with zero attached hydrogens (tertiary/aromatic N) is 1. The average molecular weight is 560 g/mol. The molecule has 2 unspecified atom stereocenters. The molecule has 0 saturated heterocycles. The Kier molecular flexibility index (Phi) is 13.6.